The molecule has 8 aliphatic carbocycles. The Bertz CT molecular complexity index is 1880. The van der Waals surface area contributed by atoms with Crippen LogP contribution in [0.4, 0.5) is 11.4 Å². The van der Waals surface area contributed by atoms with Crippen molar-refractivity contribution in [2.45, 2.75) is 51.4 Å². The molecule has 0 aliphatic heterocycles. The third-order valence-corrected chi connectivity index (χ3v) is 10.4. The molecule has 0 aromatic heterocycles. The van der Waals surface area contributed by atoms with E-state index in [0.717, 1.165) is 64.5 Å². The number of aryl methyl sites for hydroxylation is 8. The van der Waals surface area contributed by atoms with Crippen molar-refractivity contribution >= 4 is 11.4 Å². The van der Waals surface area contributed by atoms with Gasteiger partial charge in [0.25, 0.3) is 0 Å². The molecule has 6 aromatic rings. The van der Waals surface area contributed by atoms with E-state index < -0.39 is 0 Å². The summed E-state index contributed by atoms with van der Waals surface area (Å²) in [4.78, 5) is 0. The summed E-state index contributed by atoms with van der Waals surface area (Å²) in [5.41, 5.74) is 19.3. The number of rotatable bonds is 7. The molecular weight excluding hydrogens is 581 g/mol. The van der Waals surface area contributed by atoms with Gasteiger partial charge in [0.05, 0.1) is 0 Å². The molecule has 0 radical (unpaired) electrons. The van der Waals surface area contributed by atoms with Crippen molar-refractivity contribution in [2.75, 3.05) is 23.7 Å². The normalized spacial score (nSPS) is 13.8. The van der Waals surface area contributed by atoms with E-state index in [1.807, 2.05) is 0 Å². The Kier molecular flexibility index (Phi) is 8.80. The van der Waals surface area contributed by atoms with Gasteiger partial charge in [-0.1, -0.05) is 121 Å². The molecule has 48 heavy (non-hydrogen) atoms. The zero-order chi connectivity index (χ0) is 32.1. The maximum atomic E-state index is 3.85. The van der Waals surface area contributed by atoms with Gasteiger partial charge in [-0.15, -0.1) is 0 Å². The van der Waals surface area contributed by atoms with Crippen LogP contribution in [-0.4, -0.2) is 13.1 Å². The van der Waals surface area contributed by atoms with Crippen LogP contribution < -0.4 is 10.6 Å². The molecule has 0 amide bonds. The molecular formula is C46H44N2. The third kappa shape index (κ3) is 6.80. The van der Waals surface area contributed by atoms with E-state index in [2.05, 4.69) is 144 Å². The van der Waals surface area contributed by atoms with Crippen molar-refractivity contribution in [1.29, 1.82) is 0 Å². The Morgan fingerprint density at radius 3 is 1.10 bits per heavy atom. The van der Waals surface area contributed by atoms with Crippen molar-refractivity contribution in [3.63, 3.8) is 0 Å². The molecule has 14 rings (SSSR count). The van der Waals surface area contributed by atoms with Gasteiger partial charge in [-0.2, -0.15) is 0 Å². The molecule has 8 bridgehead atoms. The van der Waals surface area contributed by atoms with Gasteiger partial charge in [0, 0.05) is 24.5 Å². The van der Waals surface area contributed by atoms with Crippen molar-refractivity contribution in [3.05, 3.63) is 178 Å². The van der Waals surface area contributed by atoms with E-state index in [9.17, 15) is 0 Å². The van der Waals surface area contributed by atoms with E-state index >= 15 is 0 Å². The summed E-state index contributed by atoms with van der Waals surface area (Å²) in [7, 11) is 0. The highest BCUT2D eigenvalue weighted by Gasteiger charge is 2.14. The molecule has 0 fully saturated rings. The first-order valence-corrected chi connectivity index (χ1v) is 17.8. The molecule has 0 saturated carbocycles. The first kappa shape index (κ1) is 30.3. The van der Waals surface area contributed by atoms with Crippen LogP contribution in [-0.2, 0) is 51.4 Å². The topological polar surface area (TPSA) is 24.1 Å². The molecule has 0 heterocycles. The maximum absolute atomic E-state index is 3.85. The lowest BCUT2D eigenvalue weighted by molar-refractivity contribution is 0.916. The Hall–Kier alpha value is -5.08. The Morgan fingerprint density at radius 1 is 0.333 bits per heavy atom. The molecule has 2 heteroatoms. The van der Waals surface area contributed by atoms with Crippen molar-refractivity contribution < 1.29 is 0 Å². The number of anilines is 2. The standard InChI is InChI=1S/C46H44N2/c1-3-7-37(8-4-1)43-29-33-11-13-35-17-21-41(25-23-39(43)19-15-33)45(31-35)47-27-28-48-46-32-36-14-12-34-16-20-40(24-26-42(46)22-18-36)44(30-34)38-9-5-2-6-10-38/h1-10,15-22,29-32,47-48H,11-14,23-28H2. The van der Waals surface area contributed by atoms with E-state index in [1.54, 1.807) is 0 Å². The van der Waals surface area contributed by atoms with E-state index in [4.69, 9.17) is 0 Å². The second-order valence-electron chi connectivity index (χ2n) is 13.6. The fourth-order valence-corrected chi connectivity index (χ4v) is 7.60. The predicted octanol–water partition coefficient (Wildman–Crippen LogP) is 10.3. The molecule has 238 valence electrons. The monoisotopic (exact) mass is 624 g/mol. The van der Waals surface area contributed by atoms with Crippen molar-refractivity contribution in [3.8, 4) is 22.3 Å². The second kappa shape index (κ2) is 14.0. The molecule has 0 saturated heterocycles. The molecule has 2 nitrogen and oxygen atoms in total. The van der Waals surface area contributed by atoms with Crippen LogP contribution in [0, 0.1) is 0 Å². The molecule has 8 aliphatic rings. The van der Waals surface area contributed by atoms with Crippen LogP contribution in [0.1, 0.15) is 44.5 Å². The van der Waals surface area contributed by atoms with E-state index in [-0.39, 0.29) is 0 Å². The first-order chi connectivity index (χ1) is 23.7. The average molecular weight is 625 g/mol. The zero-order valence-corrected chi connectivity index (χ0v) is 27.8. The van der Waals surface area contributed by atoms with Crippen LogP contribution in [0.5, 0.6) is 0 Å². The Labute approximate surface area is 285 Å². The Balaban J connectivity index is 0.963. The number of hydrogen-bond donors (Lipinski definition) is 2. The van der Waals surface area contributed by atoms with Crippen LogP contribution in [0.25, 0.3) is 22.3 Å². The van der Waals surface area contributed by atoms with Gasteiger partial charge in [-0.25, -0.2) is 0 Å². The van der Waals surface area contributed by atoms with Gasteiger partial charge in [-0.3, -0.25) is 0 Å². The van der Waals surface area contributed by atoms with Crippen molar-refractivity contribution in [1.82, 2.24) is 0 Å². The van der Waals surface area contributed by atoms with Crippen LogP contribution in [0.3, 0.4) is 0 Å². The van der Waals surface area contributed by atoms with Gasteiger partial charge in [0.1, 0.15) is 0 Å². The summed E-state index contributed by atoms with van der Waals surface area (Å²) in [5, 5.41) is 7.69. The van der Waals surface area contributed by atoms with Crippen LogP contribution in [0.2, 0.25) is 0 Å². The minimum atomic E-state index is 0.877. The molecule has 0 atom stereocenters. The highest BCUT2D eigenvalue weighted by Crippen LogP contribution is 2.31. The largest absolute Gasteiger partial charge is 0.383 e. The molecule has 0 spiro atoms. The van der Waals surface area contributed by atoms with E-state index in [0.29, 0.717) is 0 Å². The predicted molar refractivity (Wildman–Crippen MR) is 203 cm³/mol. The summed E-state index contributed by atoms with van der Waals surface area (Å²) < 4.78 is 0. The molecule has 6 aromatic carbocycles. The van der Waals surface area contributed by atoms with Gasteiger partial charge in [0.2, 0.25) is 0 Å². The number of hydrogen-bond acceptors (Lipinski definition) is 2. The molecule has 2 N–H and O–H groups in total. The first-order valence-electron chi connectivity index (χ1n) is 17.8. The summed E-state index contributed by atoms with van der Waals surface area (Å²) >= 11 is 0. The lowest BCUT2D eigenvalue weighted by Crippen LogP contribution is -2.16. The van der Waals surface area contributed by atoms with Gasteiger partial charge in [-0.05, 0) is 130 Å². The smallest absolute Gasteiger partial charge is 0.0376 e. The quantitative estimate of drug-likeness (QED) is 0.173. The number of nitrogens with one attached hydrogen (secondary N) is 2. The van der Waals surface area contributed by atoms with E-state index in [1.165, 1.54) is 78.1 Å². The average Bonchev–Trinajstić information content (AvgIpc) is 3.13. The summed E-state index contributed by atoms with van der Waals surface area (Å²) in [6.07, 6.45) is 8.30. The maximum Gasteiger partial charge on any atom is 0.0376 e. The lowest BCUT2D eigenvalue weighted by atomic mass is 9.90. The van der Waals surface area contributed by atoms with Crippen molar-refractivity contribution in [2.24, 2.45) is 0 Å². The van der Waals surface area contributed by atoms with Gasteiger partial charge in [0.15, 0.2) is 0 Å². The lowest BCUT2D eigenvalue weighted by Gasteiger charge is -2.19. The fourth-order valence-electron chi connectivity index (χ4n) is 7.60. The third-order valence-electron chi connectivity index (χ3n) is 10.4. The SMILES string of the molecule is c1ccc(-c2cc3ccc2CCc2ccc(cc2NCCNc2cc4ccc2CCc2ccc(cc2-c2ccccc2)CC4)CC3)cc1. The van der Waals surface area contributed by atoms with Gasteiger partial charge >= 0.3 is 0 Å². The highest BCUT2D eigenvalue weighted by atomic mass is 14.9. The second-order valence-corrected chi connectivity index (χ2v) is 13.6. The zero-order valence-electron chi connectivity index (χ0n) is 27.8. The fraction of sp³-hybridized carbons (Fsp3) is 0.217. The van der Waals surface area contributed by atoms with Crippen LogP contribution in [0.15, 0.2) is 133 Å². The van der Waals surface area contributed by atoms with Crippen LogP contribution >= 0.6 is 0 Å². The van der Waals surface area contributed by atoms with Gasteiger partial charge < -0.3 is 10.6 Å². The minimum Gasteiger partial charge on any atom is -0.383 e. The Morgan fingerprint density at radius 2 is 0.688 bits per heavy atom. The summed E-state index contributed by atoms with van der Waals surface area (Å²) in [6.45, 7) is 1.75. The highest BCUT2D eigenvalue weighted by molar-refractivity contribution is 5.70. The molecule has 0 unspecified atom stereocenters. The number of benzene rings is 6. The summed E-state index contributed by atoms with van der Waals surface area (Å²) in [6, 6.07) is 50.3. The summed E-state index contributed by atoms with van der Waals surface area (Å²) in [5.74, 6) is 0. The minimum absolute atomic E-state index is 0.877.